The molecule has 0 saturated carbocycles. The third-order valence-electron chi connectivity index (χ3n) is 3.24. The molecule has 114 valence electrons. The van der Waals surface area contributed by atoms with Gasteiger partial charge < -0.3 is 15.2 Å². The zero-order valence-corrected chi connectivity index (χ0v) is 12.6. The Morgan fingerprint density at radius 3 is 2.45 bits per heavy atom. The van der Waals surface area contributed by atoms with Crippen LogP contribution >= 0.6 is 0 Å². The molecule has 6 nitrogen and oxygen atoms in total. The Hall–Kier alpha value is -2.76. The molecule has 2 N–H and O–H groups in total. The van der Waals surface area contributed by atoms with Crippen LogP contribution in [0.25, 0.3) is 5.65 Å². The zero-order chi connectivity index (χ0) is 15.5. The lowest BCUT2D eigenvalue weighted by Crippen LogP contribution is -2.03. The van der Waals surface area contributed by atoms with Gasteiger partial charge in [-0.2, -0.15) is 0 Å². The molecule has 0 unspecified atom stereocenters. The summed E-state index contributed by atoms with van der Waals surface area (Å²) < 4.78 is 13.0. The Labute approximate surface area is 128 Å². The van der Waals surface area contributed by atoms with Crippen LogP contribution in [0.5, 0.6) is 11.5 Å². The number of anilines is 1. The van der Waals surface area contributed by atoms with E-state index in [0.29, 0.717) is 30.4 Å². The van der Waals surface area contributed by atoms with Gasteiger partial charge in [0.2, 0.25) is 0 Å². The number of nitrogens with zero attached hydrogens (tertiary/aromatic N) is 3. The fourth-order valence-electron chi connectivity index (χ4n) is 2.25. The minimum Gasteiger partial charge on any atom is -0.494 e. The van der Waals surface area contributed by atoms with Crippen LogP contribution < -0.4 is 15.2 Å². The van der Waals surface area contributed by atoms with Gasteiger partial charge in [0.15, 0.2) is 11.5 Å². The van der Waals surface area contributed by atoms with Crippen LogP contribution in [0.1, 0.15) is 18.3 Å². The molecule has 2 heterocycles. The molecule has 0 fully saturated rings. The average Bonchev–Trinajstić information content (AvgIpc) is 2.90. The molecule has 0 bridgehead atoms. The Bertz CT molecular complexity index is 781. The Morgan fingerprint density at radius 2 is 1.77 bits per heavy atom. The van der Waals surface area contributed by atoms with E-state index in [0.717, 1.165) is 17.1 Å². The van der Waals surface area contributed by atoms with Gasteiger partial charge in [-0.15, -0.1) is 10.2 Å². The molecule has 0 aliphatic heterocycles. The molecule has 0 amide bonds. The molecule has 0 aliphatic carbocycles. The number of aromatic nitrogens is 3. The molecule has 2 aromatic heterocycles. The lowest BCUT2D eigenvalue weighted by Gasteiger charge is -2.07. The molecule has 6 heteroatoms. The van der Waals surface area contributed by atoms with Crippen molar-refractivity contribution in [3.05, 3.63) is 47.9 Å². The highest BCUT2D eigenvalue weighted by molar-refractivity contribution is 5.64. The van der Waals surface area contributed by atoms with Crippen LogP contribution in [0.2, 0.25) is 0 Å². The maximum Gasteiger partial charge on any atom is 0.184 e. The first-order chi connectivity index (χ1) is 10.7. The molecule has 0 atom stereocenters. The molecular weight excluding hydrogens is 280 g/mol. The number of aryl methyl sites for hydroxylation is 1. The van der Waals surface area contributed by atoms with Crippen LogP contribution in [0.15, 0.2) is 36.5 Å². The number of nitrogen functional groups attached to an aromatic ring is 1. The molecule has 3 rings (SSSR count). The van der Waals surface area contributed by atoms with Gasteiger partial charge in [-0.3, -0.25) is 4.40 Å². The Morgan fingerprint density at radius 1 is 1.09 bits per heavy atom. The lowest BCUT2D eigenvalue weighted by molar-refractivity contribution is 0.293. The summed E-state index contributed by atoms with van der Waals surface area (Å²) in [4.78, 5) is 0. The summed E-state index contributed by atoms with van der Waals surface area (Å²) in [6.45, 7) is 4.89. The minimum absolute atomic E-state index is 0.318. The van der Waals surface area contributed by atoms with Gasteiger partial charge in [-0.1, -0.05) is 0 Å². The van der Waals surface area contributed by atoms with Crippen LogP contribution in [0.3, 0.4) is 0 Å². The van der Waals surface area contributed by atoms with E-state index in [1.807, 2.05) is 54.8 Å². The van der Waals surface area contributed by atoms with E-state index in [9.17, 15) is 0 Å². The smallest absolute Gasteiger partial charge is 0.184 e. The summed E-state index contributed by atoms with van der Waals surface area (Å²) in [5, 5.41) is 8.24. The number of ether oxygens (including phenoxy) is 2. The second-order valence-corrected chi connectivity index (χ2v) is 4.98. The van der Waals surface area contributed by atoms with Crippen molar-refractivity contribution in [1.82, 2.24) is 14.6 Å². The van der Waals surface area contributed by atoms with E-state index in [2.05, 4.69) is 10.2 Å². The van der Waals surface area contributed by atoms with Crippen LogP contribution in [-0.2, 0) is 6.61 Å². The summed E-state index contributed by atoms with van der Waals surface area (Å²) in [5.41, 5.74) is 8.25. The molecule has 1 aromatic carbocycles. The zero-order valence-electron chi connectivity index (χ0n) is 12.6. The Kier molecular flexibility index (Phi) is 3.82. The van der Waals surface area contributed by atoms with Gasteiger partial charge >= 0.3 is 0 Å². The predicted molar refractivity (Wildman–Crippen MR) is 84.1 cm³/mol. The highest BCUT2D eigenvalue weighted by Gasteiger charge is 2.09. The largest absolute Gasteiger partial charge is 0.494 e. The number of fused-ring (bicyclic) bond motifs is 1. The summed E-state index contributed by atoms with van der Waals surface area (Å²) >= 11 is 0. The highest BCUT2D eigenvalue weighted by Crippen LogP contribution is 2.19. The van der Waals surface area contributed by atoms with Crippen LogP contribution in [0, 0.1) is 6.92 Å². The molecule has 3 aromatic rings. The van der Waals surface area contributed by atoms with E-state index in [1.165, 1.54) is 0 Å². The van der Waals surface area contributed by atoms with E-state index < -0.39 is 0 Å². The van der Waals surface area contributed by atoms with Gasteiger partial charge in [0, 0.05) is 6.20 Å². The number of nitrogens with two attached hydrogens (primary N) is 1. The Balaban J connectivity index is 1.76. The molecule has 0 radical (unpaired) electrons. The minimum atomic E-state index is 0.318. The summed E-state index contributed by atoms with van der Waals surface area (Å²) in [7, 11) is 0. The number of benzene rings is 1. The maximum absolute atomic E-state index is 5.94. The summed E-state index contributed by atoms with van der Waals surface area (Å²) in [6, 6.07) is 9.37. The van der Waals surface area contributed by atoms with E-state index in [1.54, 1.807) is 0 Å². The van der Waals surface area contributed by atoms with Crippen molar-refractivity contribution in [1.29, 1.82) is 0 Å². The summed E-state index contributed by atoms with van der Waals surface area (Å²) in [5.74, 6) is 2.28. The first-order valence-electron chi connectivity index (χ1n) is 7.12. The second-order valence-electron chi connectivity index (χ2n) is 4.98. The van der Waals surface area contributed by atoms with Crippen molar-refractivity contribution in [3.63, 3.8) is 0 Å². The first kappa shape index (κ1) is 14.2. The summed E-state index contributed by atoms with van der Waals surface area (Å²) in [6.07, 6.45) is 1.95. The fourth-order valence-corrected chi connectivity index (χ4v) is 2.25. The average molecular weight is 298 g/mol. The molecule has 0 aliphatic rings. The number of hydrogen-bond acceptors (Lipinski definition) is 5. The molecule has 22 heavy (non-hydrogen) atoms. The highest BCUT2D eigenvalue weighted by atomic mass is 16.5. The van der Waals surface area contributed by atoms with Crippen molar-refractivity contribution >= 4 is 11.3 Å². The SMILES string of the molecule is CCOc1ccc(OCc2nnc3c(N)cc(C)cn23)cc1. The third-order valence-corrected chi connectivity index (χ3v) is 3.24. The van der Waals surface area contributed by atoms with Crippen molar-refractivity contribution < 1.29 is 9.47 Å². The van der Waals surface area contributed by atoms with Gasteiger partial charge in [0.25, 0.3) is 0 Å². The maximum atomic E-state index is 5.94. The van der Waals surface area contributed by atoms with Gasteiger partial charge in [0.1, 0.15) is 18.1 Å². The number of hydrogen-bond donors (Lipinski definition) is 1. The van der Waals surface area contributed by atoms with E-state index in [-0.39, 0.29) is 0 Å². The normalized spacial score (nSPS) is 10.8. The van der Waals surface area contributed by atoms with Gasteiger partial charge in [-0.25, -0.2) is 0 Å². The second kappa shape index (κ2) is 5.93. The van der Waals surface area contributed by atoms with E-state index in [4.69, 9.17) is 15.2 Å². The third kappa shape index (κ3) is 2.81. The van der Waals surface area contributed by atoms with Crippen LogP contribution in [0.4, 0.5) is 5.69 Å². The lowest BCUT2D eigenvalue weighted by atomic mass is 10.3. The van der Waals surface area contributed by atoms with Crippen molar-refractivity contribution in [2.75, 3.05) is 12.3 Å². The fraction of sp³-hybridized carbons (Fsp3) is 0.250. The quantitative estimate of drug-likeness (QED) is 0.783. The number of rotatable bonds is 5. The van der Waals surface area contributed by atoms with Crippen molar-refractivity contribution in [3.8, 4) is 11.5 Å². The molecule has 0 saturated heterocycles. The number of pyridine rings is 1. The van der Waals surface area contributed by atoms with Gasteiger partial charge in [0.05, 0.1) is 12.3 Å². The molecular formula is C16H18N4O2. The topological polar surface area (TPSA) is 74.7 Å². The standard InChI is InChI=1S/C16H18N4O2/c1-3-21-12-4-6-13(7-5-12)22-10-15-18-19-16-14(17)8-11(2)9-20(15)16/h4-9H,3,10,17H2,1-2H3. The monoisotopic (exact) mass is 298 g/mol. The van der Waals surface area contributed by atoms with Crippen molar-refractivity contribution in [2.24, 2.45) is 0 Å². The van der Waals surface area contributed by atoms with Crippen molar-refractivity contribution in [2.45, 2.75) is 20.5 Å². The van der Waals surface area contributed by atoms with Gasteiger partial charge in [-0.05, 0) is 49.7 Å². The van der Waals surface area contributed by atoms with E-state index >= 15 is 0 Å². The molecule has 0 spiro atoms. The first-order valence-corrected chi connectivity index (χ1v) is 7.12. The van der Waals surface area contributed by atoms with Crippen LogP contribution in [-0.4, -0.2) is 21.2 Å². The predicted octanol–water partition coefficient (Wildman–Crippen LogP) is 2.60.